The molecule has 0 amide bonds. The second-order valence-corrected chi connectivity index (χ2v) is 5.25. The van der Waals surface area contributed by atoms with Gasteiger partial charge in [0, 0.05) is 5.56 Å². The van der Waals surface area contributed by atoms with Crippen LogP contribution in [-0.4, -0.2) is 20.2 Å². The summed E-state index contributed by atoms with van der Waals surface area (Å²) in [7, 11) is 0. The SMILES string of the molecule is CCC1(Cn2nnnc2-c2ccc(N)c(F)c2)CC1. The number of anilines is 1. The van der Waals surface area contributed by atoms with Crippen molar-refractivity contribution in [2.75, 3.05) is 5.73 Å². The minimum absolute atomic E-state index is 0.134. The highest BCUT2D eigenvalue weighted by molar-refractivity contribution is 5.59. The van der Waals surface area contributed by atoms with E-state index < -0.39 is 5.82 Å². The number of rotatable bonds is 4. The molecule has 0 unspecified atom stereocenters. The Morgan fingerprint density at radius 2 is 2.21 bits per heavy atom. The first kappa shape index (κ1) is 12.1. The summed E-state index contributed by atoms with van der Waals surface area (Å²) in [6, 6.07) is 4.66. The highest BCUT2D eigenvalue weighted by Gasteiger charge is 2.41. The van der Waals surface area contributed by atoms with E-state index in [0.717, 1.165) is 13.0 Å². The van der Waals surface area contributed by atoms with Crippen LogP contribution in [0.1, 0.15) is 26.2 Å². The first-order valence-corrected chi connectivity index (χ1v) is 6.45. The number of nitrogen functional groups attached to an aromatic ring is 1. The molecule has 5 nitrogen and oxygen atoms in total. The van der Waals surface area contributed by atoms with Crippen LogP contribution in [0, 0.1) is 11.2 Å². The quantitative estimate of drug-likeness (QED) is 0.857. The van der Waals surface area contributed by atoms with Gasteiger partial charge < -0.3 is 5.73 Å². The summed E-state index contributed by atoms with van der Waals surface area (Å²) in [6.07, 6.45) is 3.53. The van der Waals surface area contributed by atoms with E-state index in [1.165, 1.54) is 25.0 Å². The van der Waals surface area contributed by atoms with Gasteiger partial charge >= 0.3 is 0 Å². The zero-order chi connectivity index (χ0) is 13.5. The van der Waals surface area contributed by atoms with Gasteiger partial charge in [0.05, 0.1) is 12.2 Å². The van der Waals surface area contributed by atoms with Gasteiger partial charge in [-0.05, 0) is 53.3 Å². The molecule has 1 fully saturated rings. The molecule has 0 spiro atoms. The molecular formula is C13H16FN5. The fourth-order valence-electron chi connectivity index (χ4n) is 2.30. The van der Waals surface area contributed by atoms with Crippen molar-refractivity contribution in [2.45, 2.75) is 32.7 Å². The number of aromatic nitrogens is 4. The van der Waals surface area contributed by atoms with Crippen molar-refractivity contribution in [1.82, 2.24) is 20.2 Å². The molecule has 1 aliphatic carbocycles. The molecule has 0 bridgehead atoms. The maximum atomic E-state index is 13.5. The third-order valence-corrected chi connectivity index (χ3v) is 3.98. The number of nitrogens with zero attached hydrogens (tertiary/aromatic N) is 4. The summed E-state index contributed by atoms with van der Waals surface area (Å²) >= 11 is 0. The van der Waals surface area contributed by atoms with Gasteiger partial charge in [0.25, 0.3) is 0 Å². The number of nitrogens with two attached hydrogens (primary N) is 1. The van der Waals surface area contributed by atoms with Crippen molar-refractivity contribution < 1.29 is 4.39 Å². The van der Waals surface area contributed by atoms with Gasteiger partial charge in [-0.2, -0.15) is 0 Å². The molecule has 100 valence electrons. The molecule has 2 aromatic rings. The highest BCUT2D eigenvalue weighted by Crippen LogP contribution is 2.50. The van der Waals surface area contributed by atoms with Crippen LogP contribution in [0.15, 0.2) is 18.2 Å². The molecule has 1 heterocycles. The molecule has 19 heavy (non-hydrogen) atoms. The second-order valence-electron chi connectivity index (χ2n) is 5.25. The predicted octanol–water partition coefficient (Wildman–Crippen LogP) is 2.25. The number of hydrogen-bond acceptors (Lipinski definition) is 4. The van der Waals surface area contributed by atoms with E-state index in [-0.39, 0.29) is 5.69 Å². The summed E-state index contributed by atoms with van der Waals surface area (Å²) in [5.41, 5.74) is 6.60. The minimum atomic E-state index is -0.441. The summed E-state index contributed by atoms with van der Waals surface area (Å²) in [5.74, 6) is 0.155. The third-order valence-electron chi connectivity index (χ3n) is 3.98. The number of benzene rings is 1. The van der Waals surface area contributed by atoms with Crippen LogP contribution >= 0.6 is 0 Å². The molecule has 0 aliphatic heterocycles. The Balaban J connectivity index is 1.93. The summed E-state index contributed by atoms with van der Waals surface area (Å²) in [6.45, 7) is 2.97. The second kappa shape index (κ2) is 4.29. The third kappa shape index (κ3) is 2.18. The lowest BCUT2D eigenvalue weighted by atomic mass is 10.0. The lowest BCUT2D eigenvalue weighted by molar-refractivity contribution is 0.382. The molecule has 0 saturated heterocycles. The molecule has 1 aromatic heterocycles. The summed E-state index contributed by atoms with van der Waals surface area (Å²) in [4.78, 5) is 0. The maximum Gasteiger partial charge on any atom is 0.182 e. The fraction of sp³-hybridized carbons (Fsp3) is 0.462. The number of halogens is 1. The zero-order valence-corrected chi connectivity index (χ0v) is 10.8. The van der Waals surface area contributed by atoms with Crippen molar-refractivity contribution >= 4 is 5.69 Å². The monoisotopic (exact) mass is 261 g/mol. The van der Waals surface area contributed by atoms with Crippen LogP contribution in [0.2, 0.25) is 0 Å². The molecule has 1 saturated carbocycles. The van der Waals surface area contributed by atoms with Crippen LogP contribution in [-0.2, 0) is 6.54 Å². The maximum absolute atomic E-state index is 13.5. The Morgan fingerprint density at radius 3 is 2.84 bits per heavy atom. The van der Waals surface area contributed by atoms with E-state index in [9.17, 15) is 4.39 Å². The van der Waals surface area contributed by atoms with E-state index in [1.807, 2.05) is 0 Å². The molecule has 0 atom stereocenters. The van der Waals surface area contributed by atoms with Gasteiger partial charge in [-0.3, -0.25) is 0 Å². The van der Waals surface area contributed by atoms with Crippen LogP contribution in [0.3, 0.4) is 0 Å². The topological polar surface area (TPSA) is 69.6 Å². The first-order chi connectivity index (χ1) is 9.13. The van der Waals surface area contributed by atoms with E-state index in [1.54, 1.807) is 10.7 Å². The Kier molecular flexibility index (Phi) is 2.73. The van der Waals surface area contributed by atoms with Crippen LogP contribution in [0.5, 0.6) is 0 Å². The summed E-state index contributed by atoms with van der Waals surface area (Å²) in [5, 5.41) is 11.7. The number of tetrazole rings is 1. The van der Waals surface area contributed by atoms with Gasteiger partial charge in [0.1, 0.15) is 5.82 Å². The Labute approximate surface area is 110 Å². The van der Waals surface area contributed by atoms with Crippen LogP contribution in [0.4, 0.5) is 10.1 Å². The smallest absolute Gasteiger partial charge is 0.182 e. The average Bonchev–Trinajstić information content (AvgIpc) is 3.03. The molecule has 6 heteroatoms. The van der Waals surface area contributed by atoms with Crippen molar-refractivity contribution in [3.05, 3.63) is 24.0 Å². The molecule has 2 N–H and O–H groups in total. The Hall–Kier alpha value is -1.98. The van der Waals surface area contributed by atoms with E-state index in [0.29, 0.717) is 16.8 Å². The molecule has 1 aromatic carbocycles. The molecule has 3 rings (SSSR count). The van der Waals surface area contributed by atoms with E-state index >= 15 is 0 Å². The van der Waals surface area contributed by atoms with Crippen molar-refractivity contribution in [3.8, 4) is 11.4 Å². The van der Waals surface area contributed by atoms with Gasteiger partial charge in [0.15, 0.2) is 5.82 Å². The molecule has 0 radical (unpaired) electrons. The molecule has 1 aliphatic rings. The van der Waals surface area contributed by atoms with Gasteiger partial charge in [-0.1, -0.05) is 6.92 Å². The standard InChI is InChI=1S/C13H16FN5/c1-2-13(5-6-13)8-19-12(16-17-18-19)9-3-4-11(15)10(14)7-9/h3-4,7H,2,5-6,8,15H2,1H3. The van der Waals surface area contributed by atoms with Gasteiger partial charge in [0.2, 0.25) is 0 Å². The summed E-state index contributed by atoms with van der Waals surface area (Å²) < 4.78 is 15.3. The Bertz CT molecular complexity index is 603. The van der Waals surface area contributed by atoms with Crippen molar-refractivity contribution in [3.63, 3.8) is 0 Å². The lowest BCUT2D eigenvalue weighted by Gasteiger charge is -2.13. The highest BCUT2D eigenvalue weighted by atomic mass is 19.1. The van der Waals surface area contributed by atoms with Crippen LogP contribution in [0.25, 0.3) is 11.4 Å². The van der Waals surface area contributed by atoms with Gasteiger partial charge in [-0.15, -0.1) is 5.10 Å². The average molecular weight is 261 g/mol. The molecular weight excluding hydrogens is 245 g/mol. The van der Waals surface area contributed by atoms with E-state index in [2.05, 4.69) is 22.4 Å². The largest absolute Gasteiger partial charge is 0.396 e. The fourth-order valence-corrected chi connectivity index (χ4v) is 2.30. The zero-order valence-electron chi connectivity index (χ0n) is 10.8. The predicted molar refractivity (Wildman–Crippen MR) is 69.6 cm³/mol. The van der Waals surface area contributed by atoms with Gasteiger partial charge in [-0.25, -0.2) is 9.07 Å². The minimum Gasteiger partial charge on any atom is -0.396 e. The van der Waals surface area contributed by atoms with Crippen LogP contribution < -0.4 is 5.73 Å². The number of hydrogen-bond donors (Lipinski definition) is 1. The van der Waals surface area contributed by atoms with E-state index in [4.69, 9.17) is 5.73 Å². The normalized spacial score (nSPS) is 16.5. The van der Waals surface area contributed by atoms with Crippen molar-refractivity contribution in [2.24, 2.45) is 5.41 Å². The Morgan fingerprint density at radius 1 is 1.42 bits per heavy atom. The lowest BCUT2D eigenvalue weighted by Crippen LogP contribution is -2.13. The van der Waals surface area contributed by atoms with Crippen molar-refractivity contribution in [1.29, 1.82) is 0 Å². The first-order valence-electron chi connectivity index (χ1n) is 6.45.